The fourth-order valence-corrected chi connectivity index (χ4v) is 11.3. The van der Waals surface area contributed by atoms with Crippen LogP contribution in [0.25, 0.3) is 86.6 Å². The van der Waals surface area contributed by atoms with Crippen LogP contribution in [0, 0.1) is 0 Å². The molecule has 0 saturated carbocycles. The zero-order valence-electron chi connectivity index (χ0n) is 38.1. The van der Waals surface area contributed by atoms with E-state index in [1.54, 1.807) is 0 Å². The molecular weight excluding hydrogens is 869 g/mol. The van der Waals surface area contributed by atoms with Crippen LogP contribution in [0.2, 0.25) is 0 Å². The first-order valence-electron chi connectivity index (χ1n) is 23.7. The highest BCUT2D eigenvalue weighted by Gasteiger charge is 2.22. The van der Waals surface area contributed by atoms with Crippen LogP contribution < -0.4 is 9.80 Å². The fourth-order valence-electron chi connectivity index (χ4n) is 10.1. The number of fused-ring (bicyclic) bond motifs is 6. The standard InChI is InChI=1S/C66H44N2OS/c1-5-17-45(18-6-1)47-33-37-53(38-34-47)67(51-21-9-3-10-22-51)55-41-59(65-61(43-55)57-25-13-15-27-63(57)69-65)49-29-31-50(32-30-49)60-42-56(44-62-58-26-14-16-28-64(58)70-66(60)62)68(52-23-11-4-12-24-52)54-39-35-48(36-40-54)46-19-7-2-8-20-46/h1-44H. The van der Waals surface area contributed by atoms with E-state index in [9.17, 15) is 0 Å². The Morgan fingerprint density at radius 1 is 0.271 bits per heavy atom. The van der Waals surface area contributed by atoms with Gasteiger partial charge in [0.05, 0.1) is 0 Å². The molecule has 13 rings (SSSR count). The van der Waals surface area contributed by atoms with Crippen molar-refractivity contribution >= 4 is 87.6 Å². The van der Waals surface area contributed by atoms with E-state index in [1.165, 1.54) is 48.0 Å². The van der Waals surface area contributed by atoms with E-state index < -0.39 is 0 Å². The summed E-state index contributed by atoms with van der Waals surface area (Å²) >= 11 is 1.86. The number of thiophene rings is 1. The number of nitrogens with zero attached hydrogens (tertiary/aromatic N) is 2. The molecule has 330 valence electrons. The predicted molar refractivity (Wildman–Crippen MR) is 298 cm³/mol. The fraction of sp³-hybridized carbons (Fsp3) is 0. The van der Waals surface area contributed by atoms with Crippen molar-refractivity contribution in [2.24, 2.45) is 0 Å². The van der Waals surface area contributed by atoms with Gasteiger partial charge in [-0.15, -0.1) is 11.3 Å². The first-order chi connectivity index (χ1) is 34.7. The van der Waals surface area contributed by atoms with E-state index in [1.807, 2.05) is 17.4 Å². The molecule has 0 aliphatic heterocycles. The summed E-state index contributed by atoms with van der Waals surface area (Å²) in [7, 11) is 0. The van der Waals surface area contributed by atoms with Crippen LogP contribution >= 0.6 is 11.3 Å². The normalized spacial score (nSPS) is 11.4. The Labute approximate surface area is 411 Å². The number of furan rings is 1. The highest BCUT2D eigenvalue weighted by atomic mass is 32.1. The van der Waals surface area contributed by atoms with Gasteiger partial charge in [0, 0.05) is 76.2 Å². The minimum absolute atomic E-state index is 0.868. The number of benzene rings is 11. The van der Waals surface area contributed by atoms with E-state index in [0.717, 1.165) is 72.8 Å². The second-order valence-electron chi connectivity index (χ2n) is 17.7. The molecule has 70 heavy (non-hydrogen) atoms. The summed E-state index contributed by atoms with van der Waals surface area (Å²) in [5.74, 6) is 0. The maximum atomic E-state index is 6.79. The highest BCUT2D eigenvalue weighted by molar-refractivity contribution is 7.26. The topological polar surface area (TPSA) is 19.6 Å². The molecule has 0 spiro atoms. The molecule has 0 aliphatic rings. The summed E-state index contributed by atoms with van der Waals surface area (Å²) in [6.07, 6.45) is 0. The van der Waals surface area contributed by atoms with Crippen molar-refractivity contribution in [1.29, 1.82) is 0 Å². The Balaban J connectivity index is 0.958. The molecule has 0 unspecified atom stereocenters. The van der Waals surface area contributed by atoms with Crippen molar-refractivity contribution in [3.05, 3.63) is 267 Å². The van der Waals surface area contributed by atoms with Crippen molar-refractivity contribution in [3.8, 4) is 44.5 Å². The summed E-state index contributed by atoms with van der Waals surface area (Å²) in [5.41, 5.74) is 17.4. The molecule has 0 bridgehead atoms. The van der Waals surface area contributed by atoms with E-state index >= 15 is 0 Å². The van der Waals surface area contributed by atoms with Crippen LogP contribution in [0.4, 0.5) is 34.1 Å². The minimum Gasteiger partial charge on any atom is -0.455 e. The van der Waals surface area contributed by atoms with Crippen LogP contribution in [-0.4, -0.2) is 0 Å². The van der Waals surface area contributed by atoms with Gasteiger partial charge in [-0.1, -0.05) is 182 Å². The Kier molecular flexibility index (Phi) is 10.4. The van der Waals surface area contributed by atoms with E-state index in [-0.39, 0.29) is 0 Å². The number of anilines is 6. The molecule has 3 nitrogen and oxygen atoms in total. The molecule has 0 aliphatic carbocycles. The molecule has 0 N–H and O–H groups in total. The van der Waals surface area contributed by atoms with Gasteiger partial charge >= 0.3 is 0 Å². The van der Waals surface area contributed by atoms with Crippen molar-refractivity contribution in [2.75, 3.05) is 9.80 Å². The van der Waals surface area contributed by atoms with Gasteiger partial charge in [0.1, 0.15) is 11.2 Å². The molecule has 2 heterocycles. The Morgan fingerprint density at radius 2 is 0.671 bits per heavy atom. The maximum absolute atomic E-state index is 6.79. The van der Waals surface area contributed by atoms with Crippen LogP contribution in [0.1, 0.15) is 0 Å². The Morgan fingerprint density at radius 3 is 1.23 bits per heavy atom. The SMILES string of the molecule is c1ccc(-c2ccc(N(c3ccccc3)c3cc(-c4ccc(-c5cc(N(c6ccccc6)c6ccc(-c7ccccc7)cc6)cc6c5sc5ccccc56)cc4)c4oc5ccccc5c4c3)cc2)cc1. The predicted octanol–water partition coefficient (Wildman–Crippen LogP) is 19.6. The van der Waals surface area contributed by atoms with Crippen molar-refractivity contribution < 1.29 is 4.42 Å². The summed E-state index contributed by atoms with van der Waals surface area (Å²) in [6, 6.07) is 96.0. The Hall–Kier alpha value is -8.96. The molecule has 4 heteroatoms. The molecule has 0 atom stereocenters. The monoisotopic (exact) mass is 912 g/mol. The van der Waals surface area contributed by atoms with E-state index in [4.69, 9.17) is 4.42 Å². The zero-order chi connectivity index (χ0) is 46.4. The molecule has 13 aromatic rings. The minimum atomic E-state index is 0.868. The number of rotatable bonds is 10. The van der Waals surface area contributed by atoms with E-state index in [0.29, 0.717) is 0 Å². The summed E-state index contributed by atoms with van der Waals surface area (Å²) in [6.45, 7) is 0. The third-order valence-electron chi connectivity index (χ3n) is 13.4. The average Bonchev–Trinajstić information content (AvgIpc) is 4.01. The summed E-state index contributed by atoms with van der Waals surface area (Å²) in [4.78, 5) is 4.74. The van der Waals surface area contributed by atoms with Crippen molar-refractivity contribution in [3.63, 3.8) is 0 Å². The molecule has 11 aromatic carbocycles. The van der Waals surface area contributed by atoms with Gasteiger partial charge in [0.25, 0.3) is 0 Å². The lowest BCUT2D eigenvalue weighted by Crippen LogP contribution is -2.10. The lowest BCUT2D eigenvalue weighted by molar-refractivity contribution is 0.670. The number of hydrogen-bond acceptors (Lipinski definition) is 4. The third kappa shape index (κ3) is 7.48. The largest absolute Gasteiger partial charge is 0.455 e. The molecule has 0 radical (unpaired) electrons. The summed E-state index contributed by atoms with van der Waals surface area (Å²) in [5, 5.41) is 4.67. The third-order valence-corrected chi connectivity index (χ3v) is 14.7. The van der Waals surface area contributed by atoms with Crippen LogP contribution in [0.3, 0.4) is 0 Å². The second kappa shape index (κ2) is 17.6. The quantitative estimate of drug-likeness (QED) is 0.136. The van der Waals surface area contributed by atoms with Gasteiger partial charge in [-0.3, -0.25) is 0 Å². The molecule has 2 aromatic heterocycles. The molecule has 0 amide bonds. The first-order valence-corrected chi connectivity index (χ1v) is 24.5. The van der Waals surface area contributed by atoms with Gasteiger partial charge in [-0.2, -0.15) is 0 Å². The summed E-state index contributed by atoms with van der Waals surface area (Å²) < 4.78 is 9.33. The Bertz CT molecular complexity index is 3700. The molecule has 0 fully saturated rings. The zero-order valence-corrected chi connectivity index (χ0v) is 38.9. The number of hydrogen-bond donors (Lipinski definition) is 0. The van der Waals surface area contributed by atoms with Gasteiger partial charge < -0.3 is 14.2 Å². The number of para-hydroxylation sites is 3. The lowest BCUT2D eigenvalue weighted by atomic mass is 9.96. The van der Waals surface area contributed by atoms with Crippen LogP contribution in [0.5, 0.6) is 0 Å². The highest BCUT2D eigenvalue weighted by Crippen LogP contribution is 2.48. The lowest BCUT2D eigenvalue weighted by Gasteiger charge is -2.27. The molecular formula is C66H44N2OS. The first kappa shape index (κ1) is 41.2. The van der Waals surface area contributed by atoms with Crippen molar-refractivity contribution in [1.82, 2.24) is 0 Å². The molecule has 0 saturated heterocycles. The van der Waals surface area contributed by atoms with Gasteiger partial charge in [-0.25, -0.2) is 0 Å². The maximum Gasteiger partial charge on any atom is 0.143 e. The van der Waals surface area contributed by atoms with Gasteiger partial charge in [-0.05, 0) is 118 Å². The average molecular weight is 913 g/mol. The second-order valence-corrected chi connectivity index (χ2v) is 18.7. The van der Waals surface area contributed by atoms with Gasteiger partial charge in [0.2, 0.25) is 0 Å². The van der Waals surface area contributed by atoms with Crippen molar-refractivity contribution in [2.45, 2.75) is 0 Å². The van der Waals surface area contributed by atoms with Crippen LogP contribution in [0.15, 0.2) is 271 Å². The van der Waals surface area contributed by atoms with Gasteiger partial charge in [0.15, 0.2) is 0 Å². The van der Waals surface area contributed by atoms with E-state index in [2.05, 4.69) is 271 Å². The smallest absolute Gasteiger partial charge is 0.143 e. The van der Waals surface area contributed by atoms with Crippen LogP contribution in [-0.2, 0) is 0 Å².